The third-order valence-corrected chi connectivity index (χ3v) is 4.50. The lowest BCUT2D eigenvalue weighted by Gasteiger charge is -2.09. The van der Waals surface area contributed by atoms with Crippen LogP contribution in [0.25, 0.3) is 0 Å². The van der Waals surface area contributed by atoms with E-state index in [2.05, 4.69) is 32.7 Å². The van der Waals surface area contributed by atoms with Gasteiger partial charge in [0.2, 0.25) is 5.95 Å². The predicted octanol–water partition coefficient (Wildman–Crippen LogP) is 5.09. The molecule has 2 N–H and O–H groups in total. The number of nitrogens with one attached hydrogen (secondary N) is 2. The van der Waals surface area contributed by atoms with Gasteiger partial charge in [-0.2, -0.15) is 4.98 Å². The molecular weight excluding hydrogens is 367 g/mol. The summed E-state index contributed by atoms with van der Waals surface area (Å²) in [6.45, 7) is 1.51. The summed E-state index contributed by atoms with van der Waals surface area (Å²) in [5, 5.41) is 7.89. The molecule has 0 aliphatic rings. The van der Waals surface area contributed by atoms with Gasteiger partial charge in [0, 0.05) is 29.3 Å². The molecule has 2 aromatic carbocycles. The van der Waals surface area contributed by atoms with E-state index in [1.54, 1.807) is 12.3 Å². The van der Waals surface area contributed by atoms with Crippen LogP contribution in [0.15, 0.2) is 60.8 Å². The average molecular weight is 387 g/mol. The lowest BCUT2D eigenvalue weighted by atomic mass is 10.1. The van der Waals surface area contributed by atoms with E-state index in [0.717, 1.165) is 37.3 Å². The molecule has 0 aliphatic heterocycles. The zero-order valence-electron chi connectivity index (χ0n) is 14.3. The quantitative estimate of drug-likeness (QED) is 0.565. The summed E-state index contributed by atoms with van der Waals surface area (Å²) in [7, 11) is 0. The number of anilines is 2. The van der Waals surface area contributed by atoms with E-state index in [1.807, 2.05) is 36.4 Å². The highest BCUT2D eigenvalue weighted by Gasteiger charge is 2.03. The molecule has 0 fully saturated rings. The first kappa shape index (κ1) is 18.5. The number of nitrogens with zero attached hydrogens (tertiary/aromatic N) is 2. The second-order valence-electron chi connectivity index (χ2n) is 5.84. The molecule has 0 saturated carbocycles. The maximum atomic E-state index is 6.20. The molecule has 0 saturated heterocycles. The lowest BCUT2D eigenvalue weighted by Crippen LogP contribution is -2.11. The zero-order chi connectivity index (χ0) is 18.2. The SMILES string of the molecule is Clc1ccc(CCNc2ccnc(NCCc3ccccc3)n2)c(Cl)c1. The van der Waals surface area contributed by atoms with Crippen LogP contribution in [-0.4, -0.2) is 23.1 Å². The highest BCUT2D eigenvalue weighted by Crippen LogP contribution is 2.21. The first-order valence-electron chi connectivity index (χ1n) is 8.49. The van der Waals surface area contributed by atoms with Crippen LogP contribution in [-0.2, 0) is 12.8 Å². The fourth-order valence-corrected chi connectivity index (χ4v) is 3.06. The van der Waals surface area contributed by atoms with Crippen LogP contribution in [0, 0.1) is 0 Å². The van der Waals surface area contributed by atoms with Gasteiger partial charge in [-0.3, -0.25) is 0 Å². The molecule has 6 heteroatoms. The minimum atomic E-state index is 0.621. The Kier molecular flexibility index (Phi) is 6.69. The van der Waals surface area contributed by atoms with Crippen molar-refractivity contribution in [3.05, 3.63) is 82.0 Å². The van der Waals surface area contributed by atoms with Crippen molar-refractivity contribution in [2.24, 2.45) is 0 Å². The van der Waals surface area contributed by atoms with Crippen LogP contribution >= 0.6 is 23.2 Å². The van der Waals surface area contributed by atoms with Gasteiger partial charge in [0.05, 0.1) is 0 Å². The van der Waals surface area contributed by atoms with Crippen LogP contribution < -0.4 is 10.6 Å². The summed E-state index contributed by atoms with van der Waals surface area (Å²) in [6.07, 6.45) is 3.46. The summed E-state index contributed by atoms with van der Waals surface area (Å²) in [4.78, 5) is 8.75. The minimum absolute atomic E-state index is 0.621. The molecule has 0 amide bonds. The number of benzene rings is 2. The van der Waals surface area contributed by atoms with Crippen LogP contribution in [0.3, 0.4) is 0 Å². The number of halogens is 2. The van der Waals surface area contributed by atoms with Gasteiger partial charge in [-0.25, -0.2) is 4.98 Å². The molecule has 0 radical (unpaired) electrons. The topological polar surface area (TPSA) is 49.8 Å². The Balaban J connectivity index is 1.47. The fourth-order valence-electron chi connectivity index (χ4n) is 2.56. The van der Waals surface area contributed by atoms with Gasteiger partial charge in [0.1, 0.15) is 5.82 Å². The van der Waals surface area contributed by atoms with E-state index in [1.165, 1.54) is 5.56 Å². The standard InChI is InChI=1S/C20H20Cl2N4/c21-17-7-6-16(18(22)14-17)9-12-23-19-10-13-25-20(26-19)24-11-8-15-4-2-1-3-5-15/h1-7,10,13-14H,8-9,11-12H2,(H2,23,24,25,26). The molecule has 0 atom stereocenters. The second kappa shape index (κ2) is 9.41. The van der Waals surface area contributed by atoms with Crippen molar-refractivity contribution in [2.45, 2.75) is 12.8 Å². The minimum Gasteiger partial charge on any atom is -0.370 e. The van der Waals surface area contributed by atoms with E-state index < -0.39 is 0 Å². The third kappa shape index (κ3) is 5.61. The van der Waals surface area contributed by atoms with Crippen molar-refractivity contribution in [2.75, 3.05) is 23.7 Å². The molecule has 0 bridgehead atoms. The van der Waals surface area contributed by atoms with Crippen molar-refractivity contribution < 1.29 is 0 Å². The van der Waals surface area contributed by atoms with Crippen molar-refractivity contribution >= 4 is 35.0 Å². The molecule has 3 rings (SSSR count). The van der Waals surface area contributed by atoms with Crippen LogP contribution in [0.1, 0.15) is 11.1 Å². The number of rotatable bonds is 8. The Morgan fingerprint density at radius 3 is 2.46 bits per heavy atom. The average Bonchev–Trinajstić information content (AvgIpc) is 2.65. The highest BCUT2D eigenvalue weighted by atomic mass is 35.5. The Bertz CT molecular complexity index is 840. The summed E-state index contributed by atoms with van der Waals surface area (Å²) >= 11 is 12.1. The van der Waals surface area contributed by atoms with Gasteiger partial charge in [-0.15, -0.1) is 0 Å². The van der Waals surface area contributed by atoms with Gasteiger partial charge in [-0.1, -0.05) is 59.6 Å². The first-order chi connectivity index (χ1) is 12.7. The number of hydrogen-bond acceptors (Lipinski definition) is 4. The van der Waals surface area contributed by atoms with E-state index >= 15 is 0 Å². The van der Waals surface area contributed by atoms with Crippen LogP contribution in [0.2, 0.25) is 10.0 Å². The molecule has 3 aromatic rings. The zero-order valence-corrected chi connectivity index (χ0v) is 15.8. The summed E-state index contributed by atoms with van der Waals surface area (Å²) in [5.41, 5.74) is 2.34. The second-order valence-corrected chi connectivity index (χ2v) is 6.68. The van der Waals surface area contributed by atoms with Gasteiger partial charge in [-0.05, 0) is 42.2 Å². The van der Waals surface area contributed by atoms with Crippen LogP contribution in [0.4, 0.5) is 11.8 Å². The van der Waals surface area contributed by atoms with Crippen molar-refractivity contribution in [1.29, 1.82) is 0 Å². The molecular formula is C20H20Cl2N4. The summed E-state index contributed by atoms with van der Waals surface area (Å²) in [6, 6.07) is 17.7. The van der Waals surface area contributed by atoms with Crippen LogP contribution in [0.5, 0.6) is 0 Å². The van der Waals surface area contributed by atoms with Crippen molar-refractivity contribution in [3.63, 3.8) is 0 Å². The maximum absolute atomic E-state index is 6.20. The Morgan fingerprint density at radius 1 is 0.846 bits per heavy atom. The fraction of sp³-hybridized carbons (Fsp3) is 0.200. The predicted molar refractivity (Wildman–Crippen MR) is 109 cm³/mol. The molecule has 0 aliphatic carbocycles. The Morgan fingerprint density at radius 2 is 1.65 bits per heavy atom. The lowest BCUT2D eigenvalue weighted by molar-refractivity contribution is 0.970. The van der Waals surface area contributed by atoms with Gasteiger partial charge >= 0.3 is 0 Å². The normalized spacial score (nSPS) is 10.5. The molecule has 1 heterocycles. The van der Waals surface area contributed by atoms with E-state index in [9.17, 15) is 0 Å². The monoisotopic (exact) mass is 386 g/mol. The third-order valence-electron chi connectivity index (χ3n) is 3.91. The summed E-state index contributed by atoms with van der Waals surface area (Å²) < 4.78 is 0. The smallest absolute Gasteiger partial charge is 0.224 e. The molecule has 26 heavy (non-hydrogen) atoms. The number of aromatic nitrogens is 2. The highest BCUT2D eigenvalue weighted by molar-refractivity contribution is 6.35. The van der Waals surface area contributed by atoms with Gasteiger partial charge in [0.15, 0.2) is 0 Å². The number of hydrogen-bond donors (Lipinski definition) is 2. The molecule has 0 unspecified atom stereocenters. The van der Waals surface area contributed by atoms with Crippen molar-refractivity contribution in [3.8, 4) is 0 Å². The van der Waals surface area contributed by atoms with Gasteiger partial charge < -0.3 is 10.6 Å². The Hall–Kier alpha value is -2.30. The molecule has 4 nitrogen and oxygen atoms in total. The molecule has 1 aromatic heterocycles. The van der Waals surface area contributed by atoms with Crippen molar-refractivity contribution in [1.82, 2.24) is 9.97 Å². The maximum Gasteiger partial charge on any atom is 0.224 e. The molecule has 134 valence electrons. The van der Waals surface area contributed by atoms with Gasteiger partial charge in [0.25, 0.3) is 0 Å². The summed E-state index contributed by atoms with van der Waals surface area (Å²) in [5.74, 6) is 1.41. The van der Waals surface area contributed by atoms with E-state index in [0.29, 0.717) is 16.0 Å². The largest absolute Gasteiger partial charge is 0.370 e. The first-order valence-corrected chi connectivity index (χ1v) is 9.25. The molecule has 0 spiro atoms. The van der Waals surface area contributed by atoms with E-state index in [-0.39, 0.29) is 0 Å². The Labute approximate surface area is 163 Å². The van der Waals surface area contributed by atoms with E-state index in [4.69, 9.17) is 23.2 Å².